The van der Waals surface area contributed by atoms with Gasteiger partial charge in [-0.2, -0.15) is 0 Å². The van der Waals surface area contributed by atoms with Gasteiger partial charge in [0.1, 0.15) is 17.2 Å². The number of hydrogen-bond donors (Lipinski definition) is 1. The lowest BCUT2D eigenvalue weighted by atomic mass is 9.76. The quantitative estimate of drug-likeness (QED) is 0.801. The van der Waals surface area contributed by atoms with Crippen molar-refractivity contribution in [2.45, 2.75) is 19.4 Å². The maximum Gasteiger partial charge on any atom is 0.123 e. The summed E-state index contributed by atoms with van der Waals surface area (Å²) in [6.07, 6.45) is 1.91. The van der Waals surface area contributed by atoms with Crippen LogP contribution in [0.2, 0.25) is 0 Å². The van der Waals surface area contributed by atoms with Crippen molar-refractivity contribution in [2.24, 2.45) is 5.92 Å². The van der Waals surface area contributed by atoms with E-state index in [9.17, 15) is 9.50 Å². The molecule has 0 aliphatic rings. The Morgan fingerprint density at radius 2 is 1.88 bits per heavy atom. The van der Waals surface area contributed by atoms with E-state index in [2.05, 4.69) is 4.90 Å². The average molecular weight is 357 g/mol. The zero-order chi connectivity index (χ0) is 19.3. The second kappa shape index (κ2) is 8.47. The van der Waals surface area contributed by atoms with Gasteiger partial charge in [-0.25, -0.2) is 4.39 Å². The molecule has 4 heteroatoms. The first kappa shape index (κ1) is 20.1. The van der Waals surface area contributed by atoms with Crippen molar-refractivity contribution >= 4 is 6.08 Å². The molecule has 2 rings (SSSR count). The minimum absolute atomic E-state index is 0.0682. The SMILES string of the molecule is COc1cccc(C(O)(C(C)=Cc2ccc(F)cc2)C(C)CN(C)C)c1. The number of ether oxygens (including phenoxy) is 1. The number of methoxy groups -OCH3 is 1. The number of halogens is 1. The Kier molecular flexibility index (Phi) is 6.57. The third-order valence-corrected chi connectivity index (χ3v) is 4.72. The molecule has 0 amide bonds. The van der Waals surface area contributed by atoms with Crippen molar-refractivity contribution < 1.29 is 14.2 Å². The Morgan fingerprint density at radius 1 is 1.23 bits per heavy atom. The van der Waals surface area contributed by atoms with Gasteiger partial charge >= 0.3 is 0 Å². The molecule has 2 aromatic rings. The first-order valence-electron chi connectivity index (χ1n) is 8.73. The van der Waals surface area contributed by atoms with Crippen LogP contribution in [0.25, 0.3) is 6.08 Å². The van der Waals surface area contributed by atoms with Crippen LogP contribution in [0.5, 0.6) is 5.75 Å². The molecule has 2 unspecified atom stereocenters. The minimum Gasteiger partial charge on any atom is -0.497 e. The van der Waals surface area contributed by atoms with E-state index in [0.717, 1.165) is 16.7 Å². The standard InChI is InChI=1S/C22H28FNO2/c1-16(13-18-9-11-20(23)12-10-18)22(25,17(2)15-24(3)4)19-7-6-8-21(14-19)26-5/h6-14,17,25H,15H2,1-5H3. The lowest BCUT2D eigenvalue weighted by Crippen LogP contribution is -2.40. The Bertz CT molecular complexity index is 755. The second-order valence-corrected chi connectivity index (χ2v) is 7.04. The first-order valence-corrected chi connectivity index (χ1v) is 8.73. The van der Waals surface area contributed by atoms with Gasteiger partial charge in [-0.05, 0) is 62.0 Å². The molecule has 0 aromatic heterocycles. The molecule has 0 spiro atoms. The second-order valence-electron chi connectivity index (χ2n) is 7.04. The summed E-state index contributed by atoms with van der Waals surface area (Å²) in [6, 6.07) is 13.8. The zero-order valence-corrected chi connectivity index (χ0v) is 16.2. The van der Waals surface area contributed by atoms with Gasteiger partial charge in [0.05, 0.1) is 7.11 Å². The molecule has 0 aliphatic carbocycles. The summed E-state index contributed by atoms with van der Waals surface area (Å²) in [5.41, 5.74) is 1.25. The monoisotopic (exact) mass is 357 g/mol. The normalized spacial score (nSPS) is 15.6. The summed E-state index contributed by atoms with van der Waals surface area (Å²) in [7, 11) is 5.59. The largest absolute Gasteiger partial charge is 0.497 e. The van der Waals surface area contributed by atoms with Crippen LogP contribution < -0.4 is 4.74 Å². The summed E-state index contributed by atoms with van der Waals surface area (Å²) in [5, 5.41) is 11.8. The van der Waals surface area contributed by atoms with Gasteiger partial charge in [0.15, 0.2) is 0 Å². The van der Waals surface area contributed by atoms with Gasteiger partial charge in [0.2, 0.25) is 0 Å². The molecule has 0 saturated heterocycles. The van der Waals surface area contributed by atoms with Crippen molar-refractivity contribution in [1.29, 1.82) is 0 Å². The zero-order valence-electron chi connectivity index (χ0n) is 16.2. The highest BCUT2D eigenvalue weighted by Crippen LogP contribution is 2.39. The molecule has 0 saturated carbocycles. The predicted molar refractivity (Wildman–Crippen MR) is 105 cm³/mol. The smallest absolute Gasteiger partial charge is 0.123 e. The van der Waals surface area contributed by atoms with Crippen LogP contribution in [-0.2, 0) is 5.60 Å². The first-order chi connectivity index (χ1) is 12.3. The highest BCUT2D eigenvalue weighted by atomic mass is 19.1. The molecule has 0 aliphatic heterocycles. The molecular formula is C22H28FNO2. The van der Waals surface area contributed by atoms with Crippen LogP contribution in [0, 0.1) is 11.7 Å². The molecule has 0 bridgehead atoms. The maximum absolute atomic E-state index is 13.2. The lowest BCUT2D eigenvalue weighted by Gasteiger charge is -2.37. The highest BCUT2D eigenvalue weighted by Gasteiger charge is 2.38. The van der Waals surface area contributed by atoms with Gasteiger partial charge in [-0.3, -0.25) is 0 Å². The fraction of sp³-hybridized carbons (Fsp3) is 0.364. The fourth-order valence-corrected chi connectivity index (χ4v) is 3.36. The fourth-order valence-electron chi connectivity index (χ4n) is 3.36. The van der Waals surface area contributed by atoms with Crippen molar-refractivity contribution in [3.8, 4) is 5.75 Å². The third-order valence-electron chi connectivity index (χ3n) is 4.72. The average Bonchev–Trinajstić information content (AvgIpc) is 2.62. The van der Waals surface area contributed by atoms with E-state index >= 15 is 0 Å². The van der Waals surface area contributed by atoms with Crippen molar-refractivity contribution in [3.63, 3.8) is 0 Å². The van der Waals surface area contributed by atoms with Crippen LogP contribution in [-0.4, -0.2) is 37.8 Å². The number of nitrogens with zero attached hydrogens (tertiary/aromatic N) is 1. The van der Waals surface area contributed by atoms with E-state index in [1.807, 2.05) is 58.3 Å². The number of hydrogen-bond acceptors (Lipinski definition) is 3. The van der Waals surface area contributed by atoms with Crippen LogP contribution in [0.3, 0.4) is 0 Å². The van der Waals surface area contributed by atoms with Crippen LogP contribution in [0.15, 0.2) is 54.1 Å². The molecule has 2 aromatic carbocycles. The Hall–Kier alpha value is -2.17. The molecule has 26 heavy (non-hydrogen) atoms. The van der Waals surface area contributed by atoms with Gasteiger partial charge in [0.25, 0.3) is 0 Å². The Balaban J connectivity index is 2.53. The third kappa shape index (κ3) is 4.51. The van der Waals surface area contributed by atoms with E-state index < -0.39 is 5.60 Å². The topological polar surface area (TPSA) is 32.7 Å². The molecule has 0 heterocycles. The molecule has 140 valence electrons. The minimum atomic E-state index is -1.17. The number of rotatable bonds is 7. The van der Waals surface area contributed by atoms with Crippen molar-refractivity contribution in [2.75, 3.05) is 27.7 Å². The van der Waals surface area contributed by atoms with E-state index in [-0.39, 0.29) is 11.7 Å². The highest BCUT2D eigenvalue weighted by molar-refractivity contribution is 5.56. The summed E-state index contributed by atoms with van der Waals surface area (Å²) < 4.78 is 18.5. The molecule has 1 N–H and O–H groups in total. The van der Waals surface area contributed by atoms with E-state index in [4.69, 9.17) is 4.74 Å². The Morgan fingerprint density at radius 3 is 2.46 bits per heavy atom. The molecule has 2 atom stereocenters. The van der Waals surface area contributed by atoms with Crippen molar-refractivity contribution in [3.05, 3.63) is 71.0 Å². The summed E-state index contributed by atoms with van der Waals surface area (Å²) in [6.45, 7) is 4.65. The van der Waals surface area contributed by atoms with Crippen LogP contribution in [0.4, 0.5) is 4.39 Å². The van der Waals surface area contributed by atoms with Gasteiger partial charge < -0.3 is 14.7 Å². The molecule has 0 radical (unpaired) electrons. The Labute approximate surface area is 155 Å². The summed E-state index contributed by atoms with van der Waals surface area (Å²) in [4.78, 5) is 2.06. The molecule has 3 nitrogen and oxygen atoms in total. The van der Waals surface area contributed by atoms with E-state index in [1.165, 1.54) is 12.1 Å². The molecule has 0 fully saturated rings. The van der Waals surface area contributed by atoms with Crippen molar-refractivity contribution in [1.82, 2.24) is 4.90 Å². The van der Waals surface area contributed by atoms with Gasteiger partial charge in [-0.15, -0.1) is 0 Å². The maximum atomic E-state index is 13.2. The van der Waals surface area contributed by atoms with Gasteiger partial charge in [-0.1, -0.05) is 37.3 Å². The number of benzene rings is 2. The van der Waals surface area contributed by atoms with E-state index in [1.54, 1.807) is 19.2 Å². The van der Waals surface area contributed by atoms with Crippen LogP contribution in [0.1, 0.15) is 25.0 Å². The summed E-state index contributed by atoms with van der Waals surface area (Å²) >= 11 is 0. The molecular weight excluding hydrogens is 329 g/mol. The lowest BCUT2D eigenvalue weighted by molar-refractivity contribution is 0.0104. The van der Waals surface area contributed by atoms with Crippen LogP contribution >= 0.6 is 0 Å². The summed E-state index contributed by atoms with van der Waals surface area (Å²) in [5.74, 6) is 0.359. The predicted octanol–water partition coefficient (Wildman–Crippen LogP) is 4.32. The van der Waals surface area contributed by atoms with Gasteiger partial charge in [0, 0.05) is 12.5 Å². The number of aliphatic hydroxyl groups is 1. The van der Waals surface area contributed by atoms with E-state index in [0.29, 0.717) is 12.3 Å².